The number of carbonyl (C=O) groups is 1. The molecule has 110 valence electrons. The summed E-state index contributed by atoms with van der Waals surface area (Å²) < 4.78 is 0. The zero-order valence-corrected chi connectivity index (χ0v) is 15.3. The van der Waals surface area contributed by atoms with E-state index in [0.29, 0.717) is 11.5 Å². The fourth-order valence-electron chi connectivity index (χ4n) is 2.86. The first-order valence-corrected chi connectivity index (χ1v) is 7.45. The van der Waals surface area contributed by atoms with Gasteiger partial charge in [-0.2, -0.15) is 0 Å². The molecule has 0 bridgehead atoms. The number of carboxylic acid groups (broad SMARTS) is 1. The molecule has 4 heteroatoms. The number of aromatic carboxylic acids is 1. The van der Waals surface area contributed by atoms with Gasteiger partial charge < -0.3 is 15.0 Å². The molecule has 1 unspecified atom stereocenters. The van der Waals surface area contributed by atoms with Crippen molar-refractivity contribution >= 4 is 5.97 Å². The van der Waals surface area contributed by atoms with Crippen LogP contribution in [0.3, 0.4) is 0 Å². The van der Waals surface area contributed by atoms with Crippen molar-refractivity contribution in [3.63, 3.8) is 0 Å². The van der Waals surface area contributed by atoms with Crippen LogP contribution in [0.25, 0.3) is 11.1 Å². The third-order valence-corrected chi connectivity index (χ3v) is 4.33. The second kappa shape index (κ2) is 6.71. The van der Waals surface area contributed by atoms with E-state index in [9.17, 15) is 15.0 Å². The second-order valence-corrected chi connectivity index (χ2v) is 6.24. The largest absolute Gasteiger partial charge is 1.00 e. The van der Waals surface area contributed by atoms with Crippen LogP contribution in [0, 0.1) is 5.92 Å². The molecule has 3 nitrogen and oxygen atoms in total. The van der Waals surface area contributed by atoms with Crippen molar-refractivity contribution < 1.29 is 44.6 Å². The van der Waals surface area contributed by atoms with Gasteiger partial charge in [0.1, 0.15) is 0 Å². The molecule has 1 atom stereocenters. The van der Waals surface area contributed by atoms with E-state index in [1.165, 1.54) is 0 Å². The Morgan fingerprint density at radius 3 is 2.45 bits per heavy atom. The van der Waals surface area contributed by atoms with Crippen LogP contribution in [-0.4, -0.2) is 11.1 Å². The Labute approximate surface area is 153 Å². The maximum atomic E-state index is 11.4. The summed E-state index contributed by atoms with van der Waals surface area (Å²) in [6.45, 7) is 4.14. The molecule has 0 aliphatic heterocycles. The second-order valence-electron chi connectivity index (χ2n) is 6.24. The summed E-state index contributed by atoms with van der Waals surface area (Å²) in [7, 11) is 0. The van der Waals surface area contributed by atoms with E-state index in [1.54, 1.807) is 6.07 Å². The van der Waals surface area contributed by atoms with Gasteiger partial charge in [-0.3, -0.25) is 0 Å². The van der Waals surface area contributed by atoms with Gasteiger partial charge in [0.25, 0.3) is 0 Å². The van der Waals surface area contributed by atoms with Crippen molar-refractivity contribution in [2.75, 3.05) is 0 Å². The number of carbonyl (C=O) groups excluding carboxylic acids is 1. The molecule has 0 aromatic heterocycles. The topological polar surface area (TPSA) is 60.4 Å². The van der Waals surface area contributed by atoms with E-state index in [1.807, 2.05) is 24.3 Å². The Hall–Kier alpha value is -0.870. The molecule has 1 N–H and O–H groups in total. The van der Waals surface area contributed by atoms with Gasteiger partial charge in [-0.15, -0.1) is 0 Å². The number of fused-ring (bicyclic) bond motifs is 1. The third kappa shape index (κ3) is 3.23. The predicted molar refractivity (Wildman–Crippen MR) is 79.2 cm³/mol. The van der Waals surface area contributed by atoms with E-state index in [-0.39, 0.29) is 41.0 Å². The third-order valence-electron chi connectivity index (χ3n) is 4.33. The van der Waals surface area contributed by atoms with Crippen LogP contribution in [0.2, 0.25) is 0 Å². The molecule has 3 rings (SSSR count). The molecule has 0 saturated heterocycles. The minimum absolute atomic E-state index is 0. The van der Waals surface area contributed by atoms with Gasteiger partial charge in [0.2, 0.25) is 0 Å². The Bertz CT molecular complexity index is 662. The predicted octanol–water partition coefficient (Wildman–Crippen LogP) is -0.274. The van der Waals surface area contributed by atoms with Crippen LogP contribution in [-0.2, 0) is 0 Å². The summed E-state index contributed by atoms with van der Waals surface area (Å²) in [6, 6.07) is 9.33. The van der Waals surface area contributed by atoms with Gasteiger partial charge >= 0.3 is 29.6 Å². The first kappa shape index (κ1) is 17.5. The molecule has 3 aliphatic rings. The Balaban J connectivity index is 0.00000176. The molecule has 22 heavy (non-hydrogen) atoms. The molecule has 0 amide bonds. The fourth-order valence-corrected chi connectivity index (χ4v) is 2.86. The summed E-state index contributed by atoms with van der Waals surface area (Å²) in [5.74, 6) is -0.614. The molecule has 3 aliphatic carbocycles. The average Bonchev–Trinajstić information content (AvgIpc) is 3.22. The normalized spacial score (nSPS) is 15.6. The number of carboxylic acids is 1. The SMILES string of the molecule is CC(C)c1cccc2c(C(O)C3CC3)cc(C(=O)[O-])c-2c1.[Na+]. The number of aliphatic hydroxyl groups is 1. The molecule has 0 radical (unpaired) electrons. The molecular weight excluding hydrogens is 287 g/mol. The van der Waals surface area contributed by atoms with E-state index < -0.39 is 12.1 Å². The summed E-state index contributed by atoms with van der Waals surface area (Å²) in [5.41, 5.74) is 3.46. The Kier molecular flexibility index (Phi) is 5.33. The van der Waals surface area contributed by atoms with E-state index in [4.69, 9.17) is 0 Å². The summed E-state index contributed by atoms with van der Waals surface area (Å²) >= 11 is 0. The van der Waals surface area contributed by atoms with Crippen LogP contribution in [0.4, 0.5) is 0 Å². The minimum atomic E-state index is -1.19. The first-order chi connectivity index (χ1) is 9.99. The molecule has 1 saturated carbocycles. The zero-order valence-electron chi connectivity index (χ0n) is 13.3. The molecule has 0 aromatic carbocycles. The number of hydrogen-bond donors (Lipinski definition) is 1. The first-order valence-electron chi connectivity index (χ1n) is 7.45. The summed E-state index contributed by atoms with van der Waals surface area (Å²) in [4.78, 5) is 11.4. The van der Waals surface area contributed by atoms with Gasteiger partial charge in [0.15, 0.2) is 0 Å². The quantitative estimate of drug-likeness (QED) is 0.791. The van der Waals surface area contributed by atoms with Crippen LogP contribution in [0.1, 0.15) is 60.2 Å². The molecular formula is C18H19NaO3. The number of aliphatic hydroxyl groups excluding tert-OH is 1. The van der Waals surface area contributed by atoms with E-state index >= 15 is 0 Å². The van der Waals surface area contributed by atoms with E-state index in [0.717, 1.165) is 29.5 Å². The Morgan fingerprint density at radius 1 is 1.23 bits per heavy atom. The van der Waals surface area contributed by atoms with Crippen LogP contribution >= 0.6 is 0 Å². The monoisotopic (exact) mass is 306 g/mol. The number of rotatable bonds is 4. The zero-order chi connectivity index (χ0) is 15.1. The molecule has 0 aromatic rings. The average molecular weight is 306 g/mol. The molecule has 0 heterocycles. The van der Waals surface area contributed by atoms with Crippen molar-refractivity contribution in [1.29, 1.82) is 0 Å². The van der Waals surface area contributed by atoms with Crippen molar-refractivity contribution in [3.8, 4) is 11.1 Å². The van der Waals surface area contributed by atoms with Crippen molar-refractivity contribution in [1.82, 2.24) is 0 Å². The van der Waals surface area contributed by atoms with Gasteiger partial charge in [-0.05, 0) is 53.0 Å². The van der Waals surface area contributed by atoms with Crippen LogP contribution in [0.5, 0.6) is 0 Å². The van der Waals surface area contributed by atoms with Crippen LogP contribution < -0.4 is 34.7 Å². The minimum Gasteiger partial charge on any atom is -0.545 e. The summed E-state index contributed by atoms with van der Waals surface area (Å²) in [6.07, 6.45) is 1.43. The van der Waals surface area contributed by atoms with Crippen molar-refractivity contribution in [2.45, 2.75) is 38.7 Å². The Morgan fingerprint density at radius 2 is 1.91 bits per heavy atom. The number of hydrogen-bond acceptors (Lipinski definition) is 3. The van der Waals surface area contributed by atoms with Crippen molar-refractivity contribution in [2.24, 2.45) is 5.92 Å². The molecule has 1 fully saturated rings. The van der Waals surface area contributed by atoms with Gasteiger partial charge in [-0.1, -0.05) is 38.1 Å². The van der Waals surface area contributed by atoms with Gasteiger partial charge in [0, 0.05) is 5.56 Å². The maximum Gasteiger partial charge on any atom is 1.00 e. The summed E-state index contributed by atoms with van der Waals surface area (Å²) in [5, 5.41) is 21.8. The van der Waals surface area contributed by atoms with Crippen LogP contribution in [0.15, 0.2) is 30.3 Å². The maximum absolute atomic E-state index is 11.4. The smallest absolute Gasteiger partial charge is 0.545 e. The van der Waals surface area contributed by atoms with Gasteiger partial charge in [0.05, 0.1) is 12.1 Å². The van der Waals surface area contributed by atoms with Crippen molar-refractivity contribution in [3.05, 3.63) is 47.0 Å². The van der Waals surface area contributed by atoms with E-state index in [2.05, 4.69) is 13.8 Å². The molecule has 0 spiro atoms. The standard InChI is InChI=1S/C18H20O3.Na/c1-10(2)12-4-3-5-13-14(8-12)16(18(20)21)9-15(13)17(19)11-6-7-11;/h3-5,8-11,17,19H,6-7H2,1-2H3,(H,20,21);/q;+1/p-1. The fraction of sp³-hybridized carbons (Fsp3) is 0.389. The van der Waals surface area contributed by atoms with Gasteiger partial charge in [-0.25, -0.2) is 0 Å².